The van der Waals surface area contributed by atoms with Crippen molar-refractivity contribution in [1.82, 2.24) is 14.6 Å². The van der Waals surface area contributed by atoms with Crippen molar-refractivity contribution in [2.75, 3.05) is 18.5 Å². The topological polar surface area (TPSA) is 116 Å². The first-order chi connectivity index (χ1) is 12.4. The summed E-state index contributed by atoms with van der Waals surface area (Å²) in [6, 6.07) is 2.00. The molecule has 4 aliphatic rings. The van der Waals surface area contributed by atoms with Gasteiger partial charge in [-0.05, 0) is 25.7 Å². The van der Waals surface area contributed by atoms with Crippen LogP contribution in [-0.2, 0) is 10.2 Å². The molecule has 0 amide bonds. The smallest absolute Gasteiger partial charge is 0.241 e. The van der Waals surface area contributed by atoms with Crippen molar-refractivity contribution < 1.29 is 14.9 Å². The molecule has 1 aliphatic heterocycles. The first-order valence-electron chi connectivity index (χ1n) is 8.67. The summed E-state index contributed by atoms with van der Waals surface area (Å²) in [5.41, 5.74) is 0.913. The molecule has 3 saturated carbocycles. The zero-order chi connectivity index (χ0) is 18.1. The SMILES string of the molecule is N#Cc1c(Cl)c2cnc(N[C@@H]3CCOC[C@H]3O)nn2c1C12CC(O)(C1)C2. The van der Waals surface area contributed by atoms with E-state index >= 15 is 0 Å². The zero-order valence-corrected chi connectivity index (χ0v) is 14.7. The van der Waals surface area contributed by atoms with Crippen molar-refractivity contribution in [3.63, 3.8) is 0 Å². The fourth-order valence-corrected chi connectivity index (χ4v) is 4.97. The van der Waals surface area contributed by atoms with Crippen LogP contribution in [0.2, 0.25) is 5.02 Å². The molecule has 6 rings (SSSR count). The molecule has 2 bridgehead atoms. The van der Waals surface area contributed by atoms with E-state index in [-0.39, 0.29) is 18.1 Å². The van der Waals surface area contributed by atoms with Crippen molar-refractivity contribution in [2.45, 2.75) is 48.8 Å². The maximum atomic E-state index is 10.1. The number of aromatic nitrogens is 3. The van der Waals surface area contributed by atoms with Crippen LogP contribution in [0.4, 0.5) is 5.95 Å². The van der Waals surface area contributed by atoms with E-state index in [0.717, 1.165) is 5.69 Å². The minimum atomic E-state index is -0.627. The molecule has 0 aromatic carbocycles. The van der Waals surface area contributed by atoms with E-state index in [9.17, 15) is 15.5 Å². The Bertz CT molecular complexity index is 932. The van der Waals surface area contributed by atoms with Crippen molar-refractivity contribution in [3.05, 3.63) is 22.5 Å². The Morgan fingerprint density at radius 3 is 2.85 bits per heavy atom. The van der Waals surface area contributed by atoms with Gasteiger partial charge in [0.1, 0.15) is 11.6 Å². The van der Waals surface area contributed by atoms with Crippen LogP contribution in [0.15, 0.2) is 6.20 Å². The molecule has 4 fully saturated rings. The number of nitrogens with one attached hydrogen (secondary N) is 1. The average molecular weight is 376 g/mol. The third-order valence-electron chi connectivity index (χ3n) is 5.88. The predicted octanol–water partition coefficient (Wildman–Crippen LogP) is 0.982. The lowest BCUT2D eigenvalue weighted by Crippen LogP contribution is -2.70. The van der Waals surface area contributed by atoms with Gasteiger partial charge in [-0.25, -0.2) is 9.50 Å². The Morgan fingerprint density at radius 1 is 1.42 bits per heavy atom. The van der Waals surface area contributed by atoms with E-state index in [2.05, 4.69) is 21.5 Å². The van der Waals surface area contributed by atoms with E-state index in [0.29, 0.717) is 54.3 Å². The molecule has 9 heteroatoms. The monoisotopic (exact) mass is 375 g/mol. The molecule has 0 radical (unpaired) electrons. The summed E-state index contributed by atoms with van der Waals surface area (Å²) in [7, 11) is 0. The van der Waals surface area contributed by atoms with Gasteiger partial charge in [-0.15, -0.1) is 5.10 Å². The van der Waals surface area contributed by atoms with Gasteiger partial charge in [-0.2, -0.15) is 5.26 Å². The second kappa shape index (κ2) is 5.30. The minimum absolute atomic E-state index is 0.193. The molecule has 2 aromatic rings. The number of ether oxygens (including phenoxy) is 1. The molecule has 2 atom stereocenters. The molecule has 0 spiro atoms. The summed E-state index contributed by atoms with van der Waals surface area (Å²) >= 11 is 6.41. The summed E-state index contributed by atoms with van der Waals surface area (Å²) in [4.78, 5) is 4.30. The third kappa shape index (κ3) is 2.12. The lowest BCUT2D eigenvalue weighted by molar-refractivity contribution is -0.215. The number of nitrogens with zero attached hydrogens (tertiary/aromatic N) is 4. The number of anilines is 1. The van der Waals surface area contributed by atoms with Gasteiger partial charge in [-0.3, -0.25) is 0 Å². The fraction of sp³-hybridized carbons (Fsp3) is 0.588. The van der Waals surface area contributed by atoms with Crippen LogP contribution >= 0.6 is 11.6 Å². The number of nitriles is 1. The number of aliphatic hydroxyl groups excluding tert-OH is 1. The van der Waals surface area contributed by atoms with Crippen LogP contribution in [-0.4, -0.2) is 55.8 Å². The van der Waals surface area contributed by atoms with Gasteiger partial charge >= 0.3 is 0 Å². The van der Waals surface area contributed by atoms with E-state index in [1.807, 2.05) is 0 Å². The van der Waals surface area contributed by atoms with Crippen LogP contribution in [0.5, 0.6) is 0 Å². The maximum Gasteiger partial charge on any atom is 0.241 e. The Hall–Kier alpha value is -1.92. The summed E-state index contributed by atoms with van der Waals surface area (Å²) in [5.74, 6) is 0.367. The minimum Gasteiger partial charge on any atom is -0.390 e. The molecule has 136 valence electrons. The maximum absolute atomic E-state index is 10.1. The second-order valence-electron chi connectivity index (χ2n) is 7.75. The number of aliphatic hydroxyl groups is 2. The molecule has 0 unspecified atom stereocenters. The molecule has 1 saturated heterocycles. The molecule has 8 nitrogen and oxygen atoms in total. The fourth-order valence-electron chi connectivity index (χ4n) is 4.71. The van der Waals surface area contributed by atoms with Gasteiger partial charge < -0.3 is 20.3 Å². The van der Waals surface area contributed by atoms with Crippen molar-refractivity contribution in [3.8, 4) is 6.07 Å². The lowest BCUT2D eigenvalue weighted by Gasteiger charge is -2.67. The van der Waals surface area contributed by atoms with Gasteiger partial charge in [-0.1, -0.05) is 11.6 Å². The quantitative estimate of drug-likeness (QED) is 0.732. The van der Waals surface area contributed by atoms with Gasteiger partial charge in [0.15, 0.2) is 0 Å². The zero-order valence-electron chi connectivity index (χ0n) is 13.9. The van der Waals surface area contributed by atoms with Gasteiger partial charge in [0.2, 0.25) is 5.95 Å². The highest BCUT2D eigenvalue weighted by molar-refractivity contribution is 6.35. The molecule has 3 aliphatic carbocycles. The number of hydrogen-bond acceptors (Lipinski definition) is 7. The first kappa shape index (κ1) is 16.3. The second-order valence-corrected chi connectivity index (χ2v) is 8.12. The van der Waals surface area contributed by atoms with E-state index in [4.69, 9.17) is 16.3 Å². The number of fused-ring (bicyclic) bond motifs is 1. The van der Waals surface area contributed by atoms with Gasteiger partial charge in [0.25, 0.3) is 0 Å². The lowest BCUT2D eigenvalue weighted by atomic mass is 9.40. The predicted molar refractivity (Wildman–Crippen MR) is 92.0 cm³/mol. The molecular weight excluding hydrogens is 358 g/mol. The Morgan fingerprint density at radius 2 is 2.19 bits per heavy atom. The number of halogens is 1. The number of rotatable bonds is 3. The Kier molecular flexibility index (Phi) is 3.32. The molecule has 3 heterocycles. The molecular formula is C17H18ClN5O3. The standard InChI is InChI=1S/C17H18ClN5O3/c18-13-9(3-19)14(16-6-17(25,7-16)8-16)23-11(13)4-20-15(22-23)21-10-1-2-26-5-12(10)24/h4,10,12,24-25H,1-2,5-8H2,(H,21,22)/t10-,12-,16?,17?/m1/s1. The highest BCUT2D eigenvalue weighted by Gasteiger charge is 2.70. The normalized spacial score (nSPS) is 35.5. The Balaban J connectivity index is 1.56. The molecule has 3 N–H and O–H groups in total. The summed E-state index contributed by atoms with van der Waals surface area (Å²) in [6.45, 7) is 0.846. The summed E-state index contributed by atoms with van der Waals surface area (Å²) in [6.07, 6.45) is 3.50. The van der Waals surface area contributed by atoms with Gasteiger partial charge in [0.05, 0.1) is 46.8 Å². The third-order valence-corrected chi connectivity index (χ3v) is 6.26. The highest BCUT2D eigenvalue weighted by atomic mass is 35.5. The summed E-state index contributed by atoms with van der Waals surface area (Å²) in [5, 5.41) is 37.9. The highest BCUT2D eigenvalue weighted by Crippen LogP contribution is 2.68. The van der Waals surface area contributed by atoms with Crippen molar-refractivity contribution in [2.24, 2.45) is 0 Å². The van der Waals surface area contributed by atoms with Crippen LogP contribution in [0.25, 0.3) is 5.52 Å². The number of hydrogen-bond donors (Lipinski definition) is 3. The van der Waals surface area contributed by atoms with Crippen molar-refractivity contribution in [1.29, 1.82) is 5.26 Å². The van der Waals surface area contributed by atoms with E-state index in [1.165, 1.54) is 0 Å². The first-order valence-corrected chi connectivity index (χ1v) is 9.05. The summed E-state index contributed by atoms with van der Waals surface area (Å²) < 4.78 is 6.92. The molecule has 2 aromatic heterocycles. The molecule has 26 heavy (non-hydrogen) atoms. The van der Waals surface area contributed by atoms with Crippen LogP contribution in [0, 0.1) is 11.3 Å². The van der Waals surface area contributed by atoms with Crippen molar-refractivity contribution >= 4 is 23.1 Å². The average Bonchev–Trinajstić information content (AvgIpc) is 2.85. The van der Waals surface area contributed by atoms with Crippen LogP contribution in [0.1, 0.15) is 36.9 Å². The van der Waals surface area contributed by atoms with Crippen LogP contribution in [0.3, 0.4) is 0 Å². The Labute approximate surface area is 154 Å². The van der Waals surface area contributed by atoms with Gasteiger partial charge in [0, 0.05) is 12.0 Å². The van der Waals surface area contributed by atoms with Crippen LogP contribution < -0.4 is 5.32 Å². The van der Waals surface area contributed by atoms with E-state index in [1.54, 1.807) is 10.7 Å². The van der Waals surface area contributed by atoms with E-state index < -0.39 is 11.7 Å². The largest absolute Gasteiger partial charge is 0.390 e.